The number of aromatic amines is 1. The topological polar surface area (TPSA) is 70.2 Å². The van der Waals surface area contributed by atoms with Gasteiger partial charge in [0, 0.05) is 23.2 Å². The smallest absolute Gasteiger partial charge is 0.266 e. The van der Waals surface area contributed by atoms with Crippen molar-refractivity contribution in [1.29, 1.82) is 0 Å². The zero-order chi connectivity index (χ0) is 23.9. The van der Waals surface area contributed by atoms with Crippen molar-refractivity contribution in [2.24, 2.45) is 0 Å². The van der Waals surface area contributed by atoms with Crippen LogP contribution in [0.4, 0.5) is 5.69 Å². The monoisotopic (exact) mass is 474 g/mol. The van der Waals surface area contributed by atoms with Crippen molar-refractivity contribution in [2.45, 2.75) is 20.8 Å². The third kappa shape index (κ3) is 5.55. The maximum Gasteiger partial charge on any atom is 0.266 e. The van der Waals surface area contributed by atoms with Crippen LogP contribution in [0.15, 0.2) is 53.9 Å². The number of nitrogens with zero attached hydrogens (tertiary/aromatic N) is 2. The van der Waals surface area contributed by atoms with Crippen LogP contribution >= 0.6 is 11.3 Å². The van der Waals surface area contributed by atoms with Gasteiger partial charge < -0.3 is 15.0 Å². The number of amides is 1. The molecule has 2 N–H and O–H groups in total. The van der Waals surface area contributed by atoms with Crippen molar-refractivity contribution in [3.05, 3.63) is 75.6 Å². The van der Waals surface area contributed by atoms with Gasteiger partial charge in [-0.3, -0.25) is 9.89 Å². The van der Waals surface area contributed by atoms with Crippen LogP contribution in [-0.2, 0) is 0 Å². The van der Waals surface area contributed by atoms with Gasteiger partial charge in [-0.1, -0.05) is 38.1 Å². The summed E-state index contributed by atoms with van der Waals surface area (Å²) in [6.45, 7) is 9.72. The average molecular weight is 475 g/mol. The Balaban J connectivity index is 1.59. The van der Waals surface area contributed by atoms with Gasteiger partial charge in [0.05, 0.1) is 16.1 Å². The van der Waals surface area contributed by atoms with Crippen molar-refractivity contribution < 1.29 is 9.53 Å². The summed E-state index contributed by atoms with van der Waals surface area (Å²) in [5.74, 6) is 0.659. The first kappa shape index (κ1) is 23.7. The number of benzene rings is 2. The summed E-state index contributed by atoms with van der Waals surface area (Å²) in [6.07, 6.45) is 3.93. The lowest BCUT2D eigenvalue weighted by Gasteiger charge is -2.18. The summed E-state index contributed by atoms with van der Waals surface area (Å²) < 4.78 is 6.03. The van der Waals surface area contributed by atoms with Crippen molar-refractivity contribution >= 4 is 46.0 Å². The van der Waals surface area contributed by atoms with Crippen LogP contribution in [0.1, 0.15) is 40.3 Å². The normalized spacial score (nSPS) is 11.5. The number of carbonyl (C=O) groups is 1. The van der Waals surface area contributed by atoms with Gasteiger partial charge in [0.1, 0.15) is 12.4 Å². The number of ether oxygens (including phenoxy) is 1. The number of rotatable bonds is 10. The van der Waals surface area contributed by atoms with E-state index >= 15 is 0 Å². The molecule has 34 heavy (non-hydrogen) atoms. The third-order valence-corrected chi connectivity index (χ3v) is 6.85. The number of likely N-dealkylation sites (N-methyl/N-ethyl adjacent to an activating group) is 1. The number of aryl methyl sites for hydroxylation is 1. The quantitative estimate of drug-likeness (QED) is 0.292. The van der Waals surface area contributed by atoms with Gasteiger partial charge in [-0.2, -0.15) is 5.10 Å². The van der Waals surface area contributed by atoms with Crippen LogP contribution in [0.25, 0.3) is 23.1 Å². The molecule has 0 saturated carbocycles. The Bertz CT molecular complexity index is 1290. The molecule has 7 heteroatoms. The van der Waals surface area contributed by atoms with E-state index in [2.05, 4.69) is 34.3 Å². The van der Waals surface area contributed by atoms with E-state index in [9.17, 15) is 4.79 Å². The van der Waals surface area contributed by atoms with E-state index in [1.165, 1.54) is 11.3 Å². The lowest BCUT2D eigenvalue weighted by atomic mass is 10.1. The Morgan fingerprint density at radius 1 is 1.15 bits per heavy atom. The highest BCUT2D eigenvalue weighted by Gasteiger charge is 2.13. The molecule has 4 aromatic rings. The number of anilines is 1. The minimum atomic E-state index is -0.109. The first-order valence-electron chi connectivity index (χ1n) is 11.5. The zero-order valence-electron chi connectivity index (χ0n) is 19.8. The summed E-state index contributed by atoms with van der Waals surface area (Å²) in [7, 11) is 0. The van der Waals surface area contributed by atoms with Gasteiger partial charge in [0.25, 0.3) is 5.91 Å². The van der Waals surface area contributed by atoms with E-state index in [1.54, 1.807) is 0 Å². The predicted molar refractivity (Wildman–Crippen MR) is 142 cm³/mol. The molecular weight excluding hydrogens is 444 g/mol. The van der Waals surface area contributed by atoms with E-state index in [4.69, 9.17) is 4.74 Å². The van der Waals surface area contributed by atoms with Crippen molar-refractivity contribution in [3.8, 4) is 5.75 Å². The second-order valence-electron chi connectivity index (χ2n) is 8.00. The molecule has 2 aromatic carbocycles. The zero-order valence-corrected chi connectivity index (χ0v) is 20.6. The molecule has 0 saturated heterocycles. The van der Waals surface area contributed by atoms with E-state index in [0.29, 0.717) is 11.5 Å². The number of hydrogen-bond donors (Lipinski definition) is 2. The Morgan fingerprint density at radius 3 is 2.74 bits per heavy atom. The van der Waals surface area contributed by atoms with Gasteiger partial charge in [-0.05, 0) is 67.4 Å². The number of carbonyl (C=O) groups excluding carboxylic acids is 1. The molecule has 1 amide bonds. The largest absolute Gasteiger partial charge is 0.492 e. The second kappa shape index (κ2) is 11.1. The molecule has 2 heterocycles. The van der Waals surface area contributed by atoms with Crippen molar-refractivity contribution in [2.75, 3.05) is 31.6 Å². The highest BCUT2D eigenvalue weighted by Crippen LogP contribution is 2.27. The molecular formula is C27H30N4O2S. The first-order valence-corrected chi connectivity index (χ1v) is 12.4. The number of nitrogens with one attached hydrogen (secondary N) is 2. The molecule has 0 bridgehead atoms. The number of para-hydroxylation sites is 1. The molecule has 0 aliphatic rings. The molecule has 0 fully saturated rings. The molecule has 0 aliphatic heterocycles. The molecule has 176 valence electrons. The molecule has 0 spiro atoms. The van der Waals surface area contributed by atoms with Gasteiger partial charge in [-0.15, -0.1) is 11.3 Å². The SMILES string of the molecule is CCN(CC)CCOc1ccc(NC(=O)c2sccc2C)c(/C=C/c2n[nH]c3ccccc23)c1. The number of aromatic nitrogens is 2. The van der Waals surface area contributed by atoms with Crippen LogP contribution in [0.2, 0.25) is 0 Å². The molecule has 0 radical (unpaired) electrons. The lowest BCUT2D eigenvalue weighted by molar-refractivity contribution is 0.103. The summed E-state index contributed by atoms with van der Waals surface area (Å²) >= 11 is 1.44. The molecule has 0 unspecified atom stereocenters. The Morgan fingerprint density at radius 2 is 1.97 bits per heavy atom. The molecule has 2 aromatic heterocycles. The number of hydrogen-bond acceptors (Lipinski definition) is 5. The maximum absolute atomic E-state index is 12.9. The minimum absolute atomic E-state index is 0.109. The Kier molecular flexibility index (Phi) is 7.77. The summed E-state index contributed by atoms with van der Waals surface area (Å²) in [4.78, 5) is 15.9. The summed E-state index contributed by atoms with van der Waals surface area (Å²) in [5, 5.41) is 13.5. The van der Waals surface area contributed by atoms with Crippen LogP contribution < -0.4 is 10.1 Å². The standard InChI is InChI=1S/C27H30N4O2S/c1-4-31(5-2)15-16-33-21-11-13-23(28-27(32)26-19(3)14-17-34-26)20(18-21)10-12-25-22-8-6-7-9-24(22)29-30-25/h6-14,17-18H,4-5,15-16H2,1-3H3,(H,28,32)(H,29,30)/b12-10+. The van der Waals surface area contributed by atoms with Crippen molar-refractivity contribution in [3.63, 3.8) is 0 Å². The van der Waals surface area contributed by atoms with E-state index in [1.807, 2.05) is 73.0 Å². The highest BCUT2D eigenvalue weighted by atomic mass is 32.1. The highest BCUT2D eigenvalue weighted by molar-refractivity contribution is 7.12. The molecule has 0 aliphatic carbocycles. The molecule has 6 nitrogen and oxygen atoms in total. The molecule has 4 rings (SSSR count). The fourth-order valence-corrected chi connectivity index (χ4v) is 4.60. The van der Waals surface area contributed by atoms with E-state index < -0.39 is 0 Å². The summed E-state index contributed by atoms with van der Waals surface area (Å²) in [6, 6.07) is 15.7. The Labute approximate surface area is 204 Å². The Hall–Kier alpha value is -3.42. The van der Waals surface area contributed by atoms with Crippen LogP contribution in [0, 0.1) is 6.92 Å². The number of H-pyrrole nitrogens is 1. The predicted octanol–water partition coefficient (Wildman–Crippen LogP) is 6.08. The fourth-order valence-electron chi connectivity index (χ4n) is 3.78. The maximum atomic E-state index is 12.9. The minimum Gasteiger partial charge on any atom is -0.492 e. The summed E-state index contributed by atoms with van der Waals surface area (Å²) in [5.41, 5.74) is 4.38. The van der Waals surface area contributed by atoms with Gasteiger partial charge >= 0.3 is 0 Å². The fraction of sp³-hybridized carbons (Fsp3) is 0.259. The van der Waals surface area contributed by atoms with Crippen LogP contribution in [0.5, 0.6) is 5.75 Å². The second-order valence-corrected chi connectivity index (χ2v) is 8.92. The van der Waals surface area contributed by atoms with Crippen LogP contribution in [-0.4, -0.2) is 47.2 Å². The molecule has 0 atom stereocenters. The lowest BCUT2D eigenvalue weighted by Crippen LogP contribution is -2.27. The third-order valence-electron chi connectivity index (χ3n) is 5.83. The first-order chi connectivity index (χ1) is 16.6. The number of thiophene rings is 1. The van der Waals surface area contributed by atoms with Gasteiger partial charge in [0.15, 0.2) is 0 Å². The van der Waals surface area contributed by atoms with E-state index in [-0.39, 0.29) is 5.91 Å². The van der Waals surface area contributed by atoms with Crippen molar-refractivity contribution in [1.82, 2.24) is 15.1 Å². The van der Waals surface area contributed by atoms with Crippen LogP contribution in [0.3, 0.4) is 0 Å². The van der Waals surface area contributed by atoms with E-state index in [0.717, 1.165) is 58.8 Å². The van der Waals surface area contributed by atoms with Gasteiger partial charge in [0.2, 0.25) is 0 Å². The average Bonchev–Trinajstić information content (AvgIpc) is 3.47. The number of fused-ring (bicyclic) bond motifs is 1. The van der Waals surface area contributed by atoms with Gasteiger partial charge in [-0.25, -0.2) is 0 Å².